The van der Waals surface area contributed by atoms with Crippen molar-refractivity contribution in [3.63, 3.8) is 0 Å². The van der Waals surface area contributed by atoms with Gasteiger partial charge >= 0.3 is 0 Å². The van der Waals surface area contributed by atoms with E-state index in [1.807, 2.05) is 6.92 Å². The standard InChI is InChI=1S/C30H33NO3/c1-19-17-25-26(30(4,5)16-15-29(25,2)3)18-24(19)27(32)20-7-9-21(10-8-20)28(33)31-22-11-13-23(34-6)14-12-22/h7-14,17-18H,15-16H2,1-6H3,(H,31,33). The van der Waals surface area contributed by atoms with Crippen LogP contribution in [-0.4, -0.2) is 18.8 Å². The first-order valence-corrected chi connectivity index (χ1v) is 11.8. The molecule has 1 amide bonds. The SMILES string of the molecule is COc1ccc(NC(=O)c2ccc(C(=O)c3cc4c(cc3C)C(C)(C)CCC4(C)C)cc2)cc1. The van der Waals surface area contributed by atoms with Crippen molar-refractivity contribution >= 4 is 17.4 Å². The fourth-order valence-corrected chi connectivity index (χ4v) is 4.77. The molecule has 4 heteroatoms. The number of ether oxygens (including phenoxy) is 1. The summed E-state index contributed by atoms with van der Waals surface area (Å²) in [5.41, 5.74) is 6.26. The van der Waals surface area contributed by atoms with Gasteiger partial charge < -0.3 is 10.1 Å². The van der Waals surface area contributed by atoms with Crippen LogP contribution >= 0.6 is 0 Å². The molecule has 0 fully saturated rings. The van der Waals surface area contributed by atoms with E-state index < -0.39 is 0 Å². The highest BCUT2D eigenvalue weighted by Gasteiger charge is 2.37. The highest BCUT2D eigenvalue weighted by atomic mass is 16.5. The molecular weight excluding hydrogens is 422 g/mol. The normalized spacial score (nSPS) is 15.8. The quantitative estimate of drug-likeness (QED) is 0.429. The van der Waals surface area contributed by atoms with Gasteiger partial charge in [0.05, 0.1) is 7.11 Å². The molecule has 0 spiro atoms. The van der Waals surface area contributed by atoms with Crippen molar-refractivity contribution < 1.29 is 14.3 Å². The van der Waals surface area contributed by atoms with Gasteiger partial charge in [-0.25, -0.2) is 0 Å². The molecule has 3 aromatic rings. The Hall–Kier alpha value is -3.40. The Morgan fingerprint density at radius 2 is 1.32 bits per heavy atom. The lowest BCUT2D eigenvalue weighted by atomic mass is 9.62. The van der Waals surface area contributed by atoms with Gasteiger partial charge in [-0.15, -0.1) is 0 Å². The molecule has 0 radical (unpaired) electrons. The average molecular weight is 456 g/mol. The predicted octanol–water partition coefficient (Wildman–Crippen LogP) is 6.84. The van der Waals surface area contributed by atoms with Crippen LogP contribution in [0.25, 0.3) is 0 Å². The third-order valence-electron chi connectivity index (χ3n) is 7.20. The minimum Gasteiger partial charge on any atom is -0.497 e. The number of benzene rings is 3. The van der Waals surface area contributed by atoms with Gasteiger partial charge in [-0.1, -0.05) is 45.9 Å². The van der Waals surface area contributed by atoms with E-state index in [1.54, 1.807) is 55.6 Å². The number of carbonyl (C=O) groups excluding carboxylic acids is 2. The van der Waals surface area contributed by atoms with Crippen molar-refractivity contribution in [3.8, 4) is 5.75 Å². The summed E-state index contributed by atoms with van der Waals surface area (Å²) in [6.07, 6.45) is 2.24. The number of ketones is 1. The van der Waals surface area contributed by atoms with E-state index in [9.17, 15) is 9.59 Å². The monoisotopic (exact) mass is 455 g/mol. The number of rotatable bonds is 5. The number of anilines is 1. The summed E-state index contributed by atoms with van der Waals surface area (Å²) in [6, 6.07) is 18.4. The number of carbonyl (C=O) groups is 2. The van der Waals surface area contributed by atoms with Gasteiger partial charge in [0.15, 0.2) is 5.78 Å². The Morgan fingerprint density at radius 3 is 1.88 bits per heavy atom. The Kier molecular flexibility index (Phi) is 6.11. The third kappa shape index (κ3) is 4.50. The van der Waals surface area contributed by atoms with Crippen LogP contribution in [0.4, 0.5) is 5.69 Å². The van der Waals surface area contributed by atoms with Crippen molar-refractivity contribution in [1.82, 2.24) is 0 Å². The zero-order valence-corrected chi connectivity index (χ0v) is 20.9. The number of amides is 1. The average Bonchev–Trinajstić information content (AvgIpc) is 2.82. The lowest BCUT2D eigenvalue weighted by Crippen LogP contribution is -2.34. The van der Waals surface area contributed by atoms with Crippen LogP contribution in [0.2, 0.25) is 0 Å². The molecule has 0 atom stereocenters. The predicted molar refractivity (Wildman–Crippen MR) is 137 cm³/mol. The second-order valence-corrected chi connectivity index (χ2v) is 10.6. The van der Waals surface area contributed by atoms with Gasteiger partial charge in [-0.3, -0.25) is 9.59 Å². The lowest BCUT2D eigenvalue weighted by Gasteiger charge is -2.42. The van der Waals surface area contributed by atoms with Crippen LogP contribution in [0.3, 0.4) is 0 Å². The molecule has 1 aliphatic carbocycles. The molecule has 3 aromatic carbocycles. The molecule has 0 saturated heterocycles. The highest BCUT2D eigenvalue weighted by Crippen LogP contribution is 2.46. The lowest BCUT2D eigenvalue weighted by molar-refractivity contribution is 0.101. The van der Waals surface area contributed by atoms with Crippen LogP contribution in [0.5, 0.6) is 5.75 Å². The topological polar surface area (TPSA) is 55.4 Å². The fraction of sp³-hybridized carbons (Fsp3) is 0.333. The maximum Gasteiger partial charge on any atom is 0.255 e. The maximum absolute atomic E-state index is 13.4. The van der Waals surface area contributed by atoms with Gasteiger partial charge in [-0.05, 0) is 89.8 Å². The summed E-state index contributed by atoms with van der Waals surface area (Å²) in [5.74, 6) is 0.491. The van der Waals surface area contributed by atoms with Crippen LogP contribution in [0.15, 0.2) is 60.7 Å². The maximum atomic E-state index is 13.4. The molecule has 4 nitrogen and oxygen atoms in total. The van der Waals surface area contributed by atoms with Crippen molar-refractivity contribution in [2.75, 3.05) is 12.4 Å². The summed E-state index contributed by atoms with van der Waals surface area (Å²) >= 11 is 0. The second kappa shape index (κ2) is 8.75. The Balaban J connectivity index is 1.57. The zero-order valence-electron chi connectivity index (χ0n) is 20.9. The van der Waals surface area contributed by atoms with E-state index in [-0.39, 0.29) is 22.5 Å². The molecule has 4 rings (SSSR count). The van der Waals surface area contributed by atoms with Gasteiger partial charge in [-0.2, -0.15) is 0 Å². The number of hydrogen-bond acceptors (Lipinski definition) is 3. The van der Waals surface area contributed by atoms with Crippen LogP contribution < -0.4 is 10.1 Å². The Labute approximate surface area is 202 Å². The molecule has 0 heterocycles. The molecule has 1 N–H and O–H groups in total. The first kappa shape index (κ1) is 23.7. The number of fused-ring (bicyclic) bond motifs is 1. The summed E-state index contributed by atoms with van der Waals surface area (Å²) < 4.78 is 5.15. The molecule has 176 valence electrons. The van der Waals surface area contributed by atoms with Gasteiger partial charge in [0.2, 0.25) is 0 Å². The largest absolute Gasteiger partial charge is 0.497 e. The van der Waals surface area contributed by atoms with Crippen LogP contribution in [0, 0.1) is 6.92 Å². The molecule has 1 aliphatic rings. The van der Waals surface area contributed by atoms with Crippen molar-refractivity contribution in [1.29, 1.82) is 0 Å². The van der Waals surface area contributed by atoms with Crippen molar-refractivity contribution in [3.05, 3.63) is 94.0 Å². The molecule has 0 aliphatic heterocycles. The summed E-state index contributed by atoms with van der Waals surface area (Å²) in [6.45, 7) is 11.1. The van der Waals surface area contributed by atoms with Gasteiger partial charge in [0, 0.05) is 22.4 Å². The number of hydrogen-bond donors (Lipinski definition) is 1. The van der Waals surface area contributed by atoms with E-state index in [1.165, 1.54) is 11.1 Å². The third-order valence-corrected chi connectivity index (χ3v) is 7.20. The first-order chi connectivity index (χ1) is 16.0. The molecule has 0 aromatic heterocycles. The first-order valence-electron chi connectivity index (χ1n) is 11.8. The van der Waals surface area contributed by atoms with Crippen LogP contribution in [-0.2, 0) is 10.8 Å². The van der Waals surface area contributed by atoms with Crippen molar-refractivity contribution in [2.45, 2.75) is 58.3 Å². The molecule has 34 heavy (non-hydrogen) atoms. The number of nitrogens with one attached hydrogen (secondary N) is 1. The van der Waals surface area contributed by atoms with Crippen LogP contribution in [0.1, 0.15) is 83.5 Å². The van der Waals surface area contributed by atoms with Gasteiger partial charge in [0.1, 0.15) is 5.75 Å². The number of aryl methyl sites for hydroxylation is 1. The second-order valence-electron chi connectivity index (χ2n) is 10.6. The Bertz CT molecular complexity index is 1240. The van der Waals surface area contributed by atoms with E-state index in [0.29, 0.717) is 16.8 Å². The minimum atomic E-state index is -0.224. The van der Waals surface area contributed by atoms with E-state index >= 15 is 0 Å². The van der Waals surface area contributed by atoms with Crippen molar-refractivity contribution in [2.24, 2.45) is 0 Å². The van der Waals surface area contributed by atoms with Gasteiger partial charge in [0.25, 0.3) is 5.91 Å². The summed E-state index contributed by atoms with van der Waals surface area (Å²) in [7, 11) is 1.60. The zero-order chi connectivity index (χ0) is 24.7. The van der Waals surface area contributed by atoms with E-state index in [0.717, 1.165) is 29.7 Å². The smallest absolute Gasteiger partial charge is 0.255 e. The molecule has 0 saturated carbocycles. The summed E-state index contributed by atoms with van der Waals surface area (Å²) in [5, 5.41) is 2.87. The highest BCUT2D eigenvalue weighted by molar-refractivity contribution is 6.11. The minimum absolute atomic E-state index is 0.0124. The van der Waals surface area contributed by atoms with E-state index in [2.05, 4.69) is 45.1 Å². The van der Waals surface area contributed by atoms with E-state index in [4.69, 9.17) is 4.74 Å². The molecule has 0 bridgehead atoms. The number of methoxy groups -OCH3 is 1. The fourth-order valence-electron chi connectivity index (χ4n) is 4.77. The molecule has 0 unspecified atom stereocenters. The Morgan fingerprint density at radius 1 is 0.794 bits per heavy atom. The molecular formula is C30H33NO3. The summed E-state index contributed by atoms with van der Waals surface area (Å²) in [4.78, 5) is 26.1.